The van der Waals surface area contributed by atoms with Crippen LogP contribution < -0.4 is 0 Å². The highest BCUT2D eigenvalue weighted by molar-refractivity contribution is 7.89. The fourth-order valence-corrected chi connectivity index (χ4v) is 4.14. The lowest BCUT2D eigenvalue weighted by molar-refractivity contribution is -0.114. The first kappa shape index (κ1) is 12.6. The number of nitrogens with zero attached hydrogens (tertiary/aromatic N) is 1. The van der Waals surface area contributed by atoms with Crippen LogP contribution in [0.4, 0.5) is 0 Å². The summed E-state index contributed by atoms with van der Waals surface area (Å²) in [6, 6.07) is 6.87. The average molecular weight is 277 g/mol. The van der Waals surface area contributed by atoms with E-state index in [0.29, 0.717) is 24.4 Å². The van der Waals surface area contributed by atoms with E-state index in [4.69, 9.17) is 0 Å². The van der Waals surface area contributed by atoms with Gasteiger partial charge >= 0.3 is 0 Å². The summed E-state index contributed by atoms with van der Waals surface area (Å²) in [6.45, 7) is 2.70. The lowest BCUT2D eigenvalue weighted by Crippen LogP contribution is -2.29. The molecule has 1 saturated heterocycles. The number of benzene rings is 1. The molecule has 5 heteroatoms. The molecule has 0 bridgehead atoms. The third kappa shape index (κ3) is 2.13. The van der Waals surface area contributed by atoms with E-state index >= 15 is 0 Å². The van der Waals surface area contributed by atoms with Gasteiger partial charge < -0.3 is 0 Å². The Hall–Kier alpha value is -1.46. The molecule has 1 heterocycles. The molecule has 0 spiro atoms. The Labute approximate surface area is 112 Å². The van der Waals surface area contributed by atoms with Gasteiger partial charge in [-0.05, 0) is 30.7 Å². The third-order valence-corrected chi connectivity index (χ3v) is 5.59. The van der Waals surface area contributed by atoms with Crippen LogP contribution in [0.25, 0.3) is 0 Å². The van der Waals surface area contributed by atoms with E-state index in [1.165, 1.54) is 4.31 Å². The first-order valence-electron chi connectivity index (χ1n) is 6.27. The maximum Gasteiger partial charge on any atom is 0.243 e. The van der Waals surface area contributed by atoms with Crippen LogP contribution in [0.15, 0.2) is 40.8 Å². The lowest BCUT2D eigenvalue weighted by Gasteiger charge is -2.16. The van der Waals surface area contributed by atoms with Gasteiger partial charge in [0, 0.05) is 25.4 Å². The normalized spacial score (nSPS) is 23.5. The number of sulfonamides is 1. The number of aryl methyl sites for hydroxylation is 1. The van der Waals surface area contributed by atoms with Gasteiger partial charge in [-0.25, -0.2) is 8.42 Å². The molecule has 0 saturated carbocycles. The summed E-state index contributed by atoms with van der Waals surface area (Å²) < 4.78 is 26.4. The molecule has 0 unspecified atom stereocenters. The Morgan fingerprint density at radius 2 is 1.89 bits per heavy atom. The van der Waals surface area contributed by atoms with Crippen molar-refractivity contribution >= 4 is 15.8 Å². The predicted octanol–water partition coefficient (Wildman–Crippen LogP) is 1.51. The molecule has 3 rings (SSSR count). The first-order valence-corrected chi connectivity index (χ1v) is 7.71. The molecule has 19 heavy (non-hydrogen) atoms. The van der Waals surface area contributed by atoms with Crippen molar-refractivity contribution in [3.63, 3.8) is 0 Å². The zero-order chi connectivity index (χ0) is 13.6. The molecule has 4 nitrogen and oxygen atoms in total. The van der Waals surface area contributed by atoms with Gasteiger partial charge in [-0.2, -0.15) is 4.31 Å². The molecule has 1 atom stereocenters. The van der Waals surface area contributed by atoms with Gasteiger partial charge in [-0.1, -0.05) is 17.7 Å². The van der Waals surface area contributed by atoms with Crippen molar-refractivity contribution in [3.05, 3.63) is 41.5 Å². The number of carbonyl (C=O) groups excluding carboxylic acids is 1. The maximum absolute atomic E-state index is 12.5. The van der Waals surface area contributed by atoms with E-state index in [0.717, 1.165) is 11.1 Å². The topological polar surface area (TPSA) is 54.5 Å². The molecule has 1 aliphatic carbocycles. The molecule has 0 amide bonds. The molecule has 0 N–H and O–H groups in total. The summed E-state index contributed by atoms with van der Waals surface area (Å²) in [5, 5.41) is 0. The fraction of sp³-hybridized carbons (Fsp3) is 0.357. The Morgan fingerprint density at radius 3 is 2.53 bits per heavy atom. The minimum Gasteiger partial charge on any atom is -0.295 e. The lowest BCUT2D eigenvalue weighted by atomic mass is 10.1. The van der Waals surface area contributed by atoms with Crippen LogP contribution in [0.3, 0.4) is 0 Å². The second-order valence-electron chi connectivity index (χ2n) is 5.20. The van der Waals surface area contributed by atoms with Crippen LogP contribution in [0.2, 0.25) is 0 Å². The molecule has 0 aromatic heterocycles. The van der Waals surface area contributed by atoms with Crippen molar-refractivity contribution in [1.82, 2.24) is 4.31 Å². The average Bonchev–Trinajstić information content (AvgIpc) is 2.87. The van der Waals surface area contributed by atoms with E-state index in [-0.39, 0.29) is 11.7 Å². The molecule has 100 valence electrons. The zero-order valence-electron chi connectivity index (χ0n) is 10.7. The highest BCUT2D eigenvalue weighted by Crippen LogP contribution is 2.34. The number of carbonyl (C=O) groups is 1. The third-order valence-electron chi connectivity index (χ3n) is 3.76. The van der Waals surface area contributed by atoms with Crippen molar-refractivity contribution in [3.8, 4) is 0 Å². The van der Waals surface area contributed by atoms with Crippen molar-refractivity contribution in [1.29, 1.82) is 0 Å². The zero-order valence-corrected chi connectivity index (χ0v) is 11.5. The fourth-order valence-electron chi connectivity index (χ4n) is 2.67. The van der Waals surface area contributed by atoms with Gasteiger partial charge in [0.25, 0.3) is 0 Å². The first-order chi connectivity index (χ1) is 8.96. The van der Waals surface area contributed by atoms with Crippen LogP contribution in [0, 0.1) is 12.8 Å². The summed E-state index contributed by atoms with van der Waals surface area (Å²) in [7, 11) is -3.43. The standard InChI is InChI=1S/C14H15NO3S/c1-10-2-4-14(5-3-10)19(17,18)15-8-11-6-13(16)7-12(11)9-15/h2-6,12H,7-9H2,1H3/t12-/m0/s1. The van der Waals surface area contributed by atoms with E-state index < -0.39 is 10.0 Å². The van der Waals surface area contributed by atoms with Gasteiger partial charge in [0.2, 0.25) is 10.0 Å². The summed E-state index contributed by atoms with van der Waals surface area (Å²) >= 11 is 0. The monoisotopic (exact) mass is 277 g/mol. The van der Waals surface area contributed by atoms with E-state index in [9.17, 15) is 13.2 Å². The van der Waals surface area contributed by atoms with E-state index in [1.54, 1.807) is 30.3 Å². The summed E-state index contributed by atoms with van der Waals surface area (Å²) in [5.74, 6) is 0.208. The van der Waals surface area contributed by atoms with Crippen LogP contribution in [0.1, 0.15) is 12.0 Å². The van der Waals surface area contributed by atoms with Gasteiger partial charge in [0.05, 0.1) is 4.90 Å². The molecule has 1 aromatic carbocycles. The smallest absolute Gasteiger partial charge is 0.243 e. The molecule has 0 radical (unpaired) electrons. The minimum atomic E-state index is -3.43. The number of hydrogen-bond donors (Lipinski definition) is 0. The second-order valence-corrected chi connectivity index (χ2v) is 7.14. The van der Waals surface area contributed by atoms with Gasteiger partial charge in [-0.3, -0.25) is 4.79 Å². The van der Waals surface area contributed by atoms with Gasteiger partial charge in [-0.15, -0.1) is 0 Å². The molecule has 1 aromatic rings. The molecular weight excluding hydrogens is 262 g/mol. The molecule has 1 fully saturated rings. The Kier molecular flexibility index (Phi) is 2.83. The Balaban J connectivity index is 1.89. The van der Waals surface area contributed by atoms with Crippen molar-refractivity contribution in [2.24, 2.45) is 5.92 Å². The molecule has 1 aliphatic heterocycles. The Bertz CT molecular complexity index is 658. The summed E-state index contributed by atoms with van der Waals surface area (Å²) in [4.78, 5) is 11.6. The van der Waals surface area contributed by atoms with E-state index in [1.807, 2.05) is 6.92 Å². The summed E-state index contributed by atoms with van der Waals surface area (Å²) in [5.41, 5.74) is 1.99. The largest absolute Gasteiger partial charge is 0.295 e. The quantitative estimate of drug-likeness (QED) is 0.823. The van der Waals surface area contributed by atoms with Gasteiger partial charge in [0.1, 0.15) is 0 Å². The van der Waals surface area contributed by atoms with Crippen LogP contribution in [0.5, 0.6) is 0 Å². The SMILES string of the molecule is Cc1ccc(S(=O)(=O)N2CC3=CC(=O)C[C@H]3C2)cc1. The van der Waals surface area contributed by atoms with Crippen molar-refractivity contribution in [2.45, 2.75) is 18.2 Å². The summed E-state index contributed by atoms with van der Waals surface area (Å²) in [6.07, 6.45) is 2.06. The highest BCUT2D eigenvalue weighted by Gasteiger charge is 2.39. The van der Waals surface area contributed by atoms with Crippen LogP contribution in [-0.2, 0) is 14.8 Å². The number of allylic oxidation sites excluding steroid dienone is 1. The van der Waals surface area contributed by atoms with Crippen LogP contribution >= 0.6 is 0 Å². The van der Waals surface area contributed by atoms with Crippen molar-refractivity contribution in [2.75, 3.05) is 13.1 Å². The van der Waals surface area contributed by atoms with E-state index in [2.05, 4.69) is 0 Å². The number of fused-ring (bicyclic) bond motifs is 1. The minimum absolute atomic E-state index is 0.0905. The maximum atomic E-state index is 12.5. The van der Waals surface area contributed by atoms with Crippen molar-refractivity contribution < 1.29 is 13.2 Å². The number of rotatable bonds is 2. The number of ketones is 1. The second kappa shape index (κ2) is 4.28. The Morgan fingerprint density at radius 1 is 1.21 bits per heavy atom. The van der Waals surface area contributed by atoms with Gasteiger partial charge in [0.15, 0.2) is 5.78 Å². The molecule has 2 aliphatic rings. The van der Waals surface area contributed by atoms with Crippen LogP contribution in [-0.4, -0.2) is 31.6 Å². The molecular formula is C14H15NO3S. The predicted molar refractivity (Wildman–Crippen MR) is 71.1 cm³/mol. The highest BCUT2D eigenvalue weighted by atomic mass is 32.2. The number of hydrogen-bond acceptors (Lipinski definition) is 3.